The Bertz CT molecular complexity index is 733. The third kappa shape index (κ3) is 3.85. The largest absolute Gasteiger partial charge is 0.383 e. The molecule has 1 fully saturated rings. The van der Waals surface area contributed by atoms with Gasteiger partial charge in [0.25, 0.3) is 0 Å². The standard InChI is InChI=1S/C15H21N5O3S/c1-23-9-7-17-14(21)16-6-8-19-15(22)20(11-4-5-11)13(18-19)12-3-2-10-24-12/h2-3,10-11H,4-9H2,1H3,(H2,16,17,21). The predicted octanol–water partition coefficient (Wildman–Crippen LogP) is 1.05. The average molecular weight is 351 g/mol. The van der Waals surface area contributed by atoms with E-state index >= 15 is 0 Å². The van der Waals surface area contributed by atoms with E-state index in [2.05, 4.69) is 15.7 Å². The van der Waals surface area contributed by atoms with Crippen molar-refractivity contribution in [2.24, 2.45) is 0 Å². The molecule has 0 atom stereocenters. The fraction of sp³-hybridized carbons (Fsp3) is 0.533. The van der Waals surface area contributed by atoms with E-state index in [1.165, 1.54) is 4.68 Å². The van der Waals surface area contributed by atoms with E-state index in [4.69, 9.17) is 4.74 Å². The van der Waals surface area contributed by atoms with Gasteiger partial charge in [-0.2, -0.15) is 0 Å². The van der Waals surface area contributed by atoms with Gasteiger partial charge in [0.05, 0.1) is 18.0 Å². The summed E-state index contributed by atoms with van der Waals surface area (Å²) in [6.07, 6.45) is 2.04. The lowest BCUT2D eigenvalue weighted by Gasteiger charge is -2.06. The Labute approximate surface area is 143 Å². The SMILES string of the molecule is COCCNC(=O)NCCn1nc(-c2cccs2)n(C2CC2)c1=O. The quantitative estimate of drug-likeness (QED) is 0.696. The first-order valence-electron chi connectivity index (χ1n) is 7.94. The third-order valence-corrected chi connectivity index (χ3v) is 4.59. The zero-order valence-electron chi connectivity index (χ0n) is 13.5. The molecule has 130 valence electrons. The smallest absolute Gasteiger partial charge is 0.346 e. The van der Waals surface area contributed by atoms with Gasteiger partial charge in [-0.15, -0.1) is 16.4 Å². The van der Waals surface area contributed by atoms with E-state index in [1.54, 1.807) is 23.0 Å². The van der Waals surface area contributed by atoms with Crippen molar-refractivity contribution >= 4 is 17.4 Å². The van der Waals surface area contributed by atoms with E-state index in [9.17, 15) is 9.59 Å². The molecular formula is C15H21N5O3S. The lowest BCUT2D eigenvalue weighted by molar-refractivity contribution is 0.196. The number of nitrogens with zero attached hydrogens (tertiary/aromatic N) is 3. The predicted molar refractivity (Wildman–Crippen MR) is 91.3 cm³/mol. The number of hydrogen-bond donors (Lipinski definition) is 2. The van der Waals surface area contributed by atoms with Crippen molar-refractivity contribution < 1.29 is 9.53 Å². The topological polar surface area (TPSA) is 90.2 Å². The zero-order chi connectivity index (χ0) is 16.9. The van der Waals surface area contributed by atoms with Crippen LogP contribution in [0.3, 0.4) is 0 Å². The summed E-state index contributed by atoms with van der Waals surface area (Å²) in [7, 11) is 1.58. The van der Waals surface area contributed by atoms with Crippen molar-refractivity contribution in [2.75, 3.05) is 26.8 Å². The van der Waals surface area contributed by atoms with Crippen LogP contribution in [-0.4, -0.2) is 47.2 Å². The van der Waals surface area contributed by atoms with Crippen molar-refractivity contribution in [1.29, 1.82) is 0 Å². The highest BCUT2D eigenvalue weighted by Gasteiger charge is 2.30. The Morgan fingerprint density at radius 1 is 1.42 bits per heavy atom. The van der Waals surface area contributed by atoms with Gasteiger partial charge in [0, 0.05) is 26.2 Å². The van der Waals surface area contributed by atoms with Crippen molar-refractivity contribution in [1.82, 2.24) is 25.0 Å². The first-order chi connectivity index (χ1) is 11.7. The molecule has 0 aromatic carbocycles. The second-order valence-corrected chi connectivity index (χ2v) is 6.53. The summed E-state index contributed by atoms with van der Waals surface area (Å²) >= 11 is 1.57. The maximum absolute atomic E-state index is 12.6. The van der Waals surface area contributed by atoms with Gasteiger partial charge < -0.3 is 15.4 Å². The molecule has 0 unspecified atom stereocenters. The Balaban J connectivity index is 1.63. The number of ether oxygens (including phenoxy) is 1. The second kappa shape index (κ2) is 7.63. The van der Waals surface area contributed by atoms with Crippen LogP contribution < -0.4 is 16.3 Å². The number of thiophene rings is 1. The molecule has 0 saturated heterocycles. The second-order valence-electron chi connectivity index (χ2n) is 5.58. The van der Waals surface area contributed by atoms with Crippen molar-refractivity contribution in [2.45, 2.75) is 25.4 Å². The Morgan fingerprint density at radius 2 is 2.21 bits per heavy atom. The van der Waals surface area contributed by atoms with Gasteiger partial charge in [-0.05, 0) is 24.3 Å². The highest BCUT2D eigenvalue weighted by atomic mass is 32.1. The van der Waals surface area contributed by atoms with E-state index in [-0.39, 0.29) is 17.8 Å². The van der Waals surface area contributed by atoms with E-state index < -0.39 is 0 Å². The molecular weight excluding hydrogens is 330 g/mol. The molecule has 24 heavy (non-hydrogen) atoms. The molecule has 0 radical (unpaired) electrons. The van der Waals surface area contributed by atoms with Gasteiger partial charge in [-0.3, -0.25) is 4.57 Å². The van der Waals surface area contributed by atoms with Gasteiger partial charge in [-0.1, -0.05) is 6.07 Å². The molecule has 0 aliphatic heterocycles. The fourth-order valence-electron chi connectivity index (χ4n) is 2.41. The minimum absolute atomic E-state index is 0.109. The molecule has 2 aromatic rings. The minimum atomic E-state index is -0.278. The van der Waals surface area contributed by atoms with Crippen molar-refractivity contribution in [3.05, 3.63) is 28.0 Å². The molecule has 8 nitrogen and oxygen atoms in total. The van der Waals surface area contributed by atoms with Crippen LogP contribution in [0.25, 0.3) is 10.7 Å². The summed E-state index contributed by atoms with van der Waals surface area (Å²) in [4.78, 5) is 25.1. The van der Waals surface area contributed by atoms with Crippen LogP contribution in [0.15, 0.2) is 22.3 Å². The summed E-state index contributed by atoms with van der Waals surface area (Å²) in [6.45, 7) is 1.59. The molecule has 1 saturated carbocycles. The number of carbonyl (C=O) groups is 1. The van der Waals surface area contributed by atoms with Crippen molar-refractivity contribution in [3.8, 4) is 10.7 Å². The zero-order valence-corrected chi connectivity index (χ0v) is 14.3. The van der Waals surface area contributed by atoms with E-state index in [1.807, 2.05) is 17.5 Å². The van der Waals surface area contributed by atoms with E-state index in [0.29, 0.717) is 26.2 Å². The van der Waals surface area contributed by atoms with Crippen LogP contribution in [0.4, 0.5) is 4.79 Å². The molecule has 0 bridgehead atoms. The van der Waals surface area contributed by atoms with Crippen LogP contribution in [0.1, 0.15) is 18.9 Å². The normalized spacial score (nSPS) is 13.9. The fourth-order valence-corrected chi connectivity index (χ4v) is 3.11. The first-order valence-corrected chi connectivity index (χ1v) is 8.82. The van der Waals surface area contributed by atoms with Gasteiger partial charge in [0.2, 0.25) is 0 Å². The van der Waals surface area contributed by atoms with Crippen LogP contribution >= 0.6 is 11.3 Å². The molecule has 2 aromatic heterocycles. The average Bonchev–Trinajstić information content (AvgIpc) is 3.14. The summed E-state index contributed by atoms with van der Waals surface area (Å²) in [6, 6.07) is 3.90. The number of hydrogen-bond acceptors (Lipinski definition) is 5. The Kier molecular flexibility index (Phi) is 5.31. The molecule has 2 heterocycles. The van der Waals surface area contributed by atoms with Crippen LogP contribution in [0.5, 0.6) is 0 Å². The number of carbonyl (C=O) groups excluding carboxylic acids is 1. The maximum atomic E-state index is 12.6. The number of rotatable bonds is 8. The van der Waals surface area contributed by atoms with Gasteiger partial charge in [-0.25, -0.2) is 14.3 Å². The summed E-state index contributed by atoms with van der Waals surface area (Å²) < 4.78 is 8.08. The monoisotopic (exact) mass is 351 g/mol. The number of urea groups is 1. The van der Waals surface area contributed by atoms with Crippen LogP contribution in [0, 0.1) is 0 Å². The summed E-state index contributed by atoms with van der Waals surface area (Å²) in [5.74, 6) is 0.724. The number of methoxy groups -OCH3 is 1. The number of aromatic nitrogens is 3. The van der Waals surface area contributed by atoms with Crippen molar-refractivity contribution in [3.63, 3.8) is 0 Å². The number of nitrogens with one attached hydrogen (secondary N) is 2. The molecule has 0 spiro atoms. The van der Waals surface area contributed by atoms with Gasteiger partial charge >= 0.3 is 11.7 Å². The third-order valence-electron chi connectivity index (χ3n) is 3.72. The molecule has 9 heteroatoms. The highest BCUT2D eigenvalue weighted by Crippen LogP contribution is 2.37. The van der Waals surface area contributed by atoms with Crippen LogP contribution in [0.2, 0.25) is 0 Å². The Morgan fingerprint density at radius 3 is 2.88 bits per heavy atom. The van der Waals surface area contributed by atoms with Gasteiger partial charge in [0.1, 0.15) is 0 Å². The molecule has 1 aliphatic rings. The summed E-state index contributed by atoms with van der Waals surface area (Å²) in [5, 5.41) is 11.8. The first kappa shape index (κ1) is 16.7. The lowest BCUT2D eigenvalue weighted by atomic mass is 10.4. The van der Waals surface area contributed by atoms with Gasteiger partial charge in [0.15, 0.2) is 5.82 Å². The number of amides is 2. The molecule has 3 rings (SSSR count). The van der Waals surface area contributed by atoms with Crippen LogP contribution in [-0.2, 0) is 11.3 Å². The molecule has 2 amide bonds. The van der Waals surface area contributed by atoms with E-state index in [0.717, 1.165) is 23.5 Å². The minimum Gasteiger partial charge on any atom is -0.383 e. The Hall–Kier alpha value is -2.13. The summed E-state index contributed by atoms with van der Waals surface area (Å²) in [5.41, 5.74) is -0.109. The highest BCUT2D eigenvalue weighted by molar-refractivity contribution is 7.13. The lowest BCUT2D eigenvalue weighted by Crippen LogP contribution is -2.39. The maximum Gasteiger partial charge on any atom is 0.346 e. The molecule has 1 aliphatic carbocycles. The molecule has 2 N–H and O–H groups in total.